The van der Waals surface area contributed by atoms with Crippen LogP contribution in [0.5, 0.6) is 0 Å². The van der Waals surface area contributed by atoms with Crippen molar-refractivity contribution in [2.24, 2.45) is 23.5 Å². The summed E-state index contributed by atoms with van der Waals surface area (Å²) in [5.74, 6) is 1.03. The summed E-state index contributed by atoms with van der Waals surface area (Å²) in [6.07, 6.45) is 3.08. The topological polar surface area (TPSA) is 43.1 Å². The van der Waals surface area contributed by atoms with Gasteiger partial charge in [0.05, 0.1) is 0 Å². The molecule has 2 heteroatoms. The van der Waals surface area contributed by atoms with Gasteiger partial charge in [-0.1, -0.05) is 40.5 Å². The average Bonchev–Trinajstić information content (AvgIpc) is 2.03. The molecular formula is C11H23NO. The molecule has 2 atom stereocenters. The van der Waals surface area contributed by atoms with Crippen molar-refractivity contribution in [3.63, 3.8) is 0 Å². The van der Waals surface area contributed by atoms with Gasteiger partial charge in [-0.25, -0.2) is 0 Å². The molecule has 0 rings (SSSR count). The number of carbonyl (C=O) groups is 1. The monoisotopic (exact) mass is 185 g/mol. The van der Waals surface area contributed by atoms with E-state index in [-0.39, 0.29) is 11.8 Å². The lowest BCUT2D eigenvalue weighted by Gasteiger charge is -2.20. The summed E-state index contributed by atoms with van der Waals surface area (Å²) in [5, 5.41) is 0. The maximum absolute atomic E-state index is 11.1. The molecule has 13 heavy (non-hydrogen) atoms. The highest BCUT2D eigenvalue weighted by atomic mass is 16.1. The summed E-state index contributed by atoms with van der Waals surface area (Å²) < 4.78 is 0. The summed E-state index contributed by atoms with van der Waals surface area (Å²) >= 11 is 0. The van der Waals surface area contributed by atoms with Gasteiger partial charge < -0.3 is 5.73 Å². The third-order valence-electron chi connectivity index (χ3n) is 2.75. The van der Waals surface area contributed by atoms with Crippen LogP contribution in [-0.4, -0.2) is 5.91 Å². The Labute approximate surface area is 81.9 Å². The summed E-state index contributed by atoms with van der Waals surface area (Å²) in [6, 6.07) is 0. The predicted molar refractivity (Wildman–Crippen MR) is 56.2 cm³/mol. The summed E-state index contributed by atoms with van der Waals surface area (Å²) in [7, 11) is 0. The van der Waals surface area contributed by atoms with Gasteiger partial charge in [0.15, 0.2) is 0 Å². The van der Waals surface area contributed by atoms with Crippen LogP contribution in [0.1, 0.15) is 47.0 Å². The van der Waals surface area contributed by atoms with Crippen molar-refractivity contribution in [2.75, 3.05) is 0 Å². The fourth-order valence-corrected chi connectivity index (χ4v) is 1.50. The van der Waals surface area contributed by atoms with E-state index in [1.807, 2.05) is 0 Å². The molecule has 2 N–H and O–H groups in total. The molecule has 0 bridgehead atoms. The first-order valence-electron chi connectivity index (χ1n) is 5.28. The molecule has 0 aromatic carbocycles. The minimum Gasteiger partial charge on any atom is -0.369 e. The zero-order chi connectivity index (χ0) is 10.4. The third-order valence-corrected chi connectivity index (χ3v) is 2.75. The summed E-state index contributed by atoms with van der Waals surface area (Å²) in [4.78, 5) is 11.1. The van der Waals surface area contributed by atoms with Crippen LogP contribution in [0, 0.1) is 17.8 Å². The third kappa shape index (κ3) is 4.91. The average molecular weight is 185 g/mol. The SMILES string of the molecule is CCC(C)C(CCC(C)C)C(N)=O. The highest BCUT2D eigenvalue weighted by Gasteiger charge is 2.21. The van der Waals surface area contributed by atoms with Crippen molar-refractivity contribution >= 4 is 5.91 Å². The van der Waals surface area contributed by atoms with Crippen molar-refractivity contribution in [2.45, 2.75) is 47.0 Å². The molecule has 0 saturated heterocycles. The van der Waals surface area contributed by atoms with Gasteiger partial charge in [0, 0.05) is 5.92 Å². The van der Waals surface area contributed by atoms with E-state index in [2.05, 4.69) is 27.7 Å². The molecule has 0 saturated carbocycles. The van der Waals surface area contributed by atoms with Gasteiger partial charge in [0.1, 0.15) is 0 Å². The Kier molecular flexibility index (Phi) is 5.76. The molecule has 0 aliphatic heterocycles. The Morgan fingerprint density at radius 2 is 1.77 bits per heavy atom. The molecule has 0 spiro atoms. The molecule has 2 nitrogen and oxygen atoms in total. The van der Waals surface area contributed by atoms with E-state index < -0.39 is 0 Å². The van der Waals surface area contributed by atoms with Gasteiger partial charge in [-0.15, -0.1) is 0 Å². The van der Waals surface area contributed by atoms with Crippen LogP contribution in [0.3, 0.4) is 0 Å². The maximum Gasteiger partial charge on any atom is 0.220 e. The van der Waals surface area contributed by atoms with Gasteiger partial charge >= 0.3 is 0 Å². The van der Waals surface area contributed by atoms with Crippen LogP contribution in [0.4, 0.5) is 0 Å². The number of primary amides is 1. The predicted octanol–water partition coefficient (Wildman–Crippen LogP) is 2.57. The summed E-state index contributed by atoms with van der Waals surface area (Å²) in [6.45, 7) is 8.56. The Balaban J connectivity index is 4.02. The van der Waals surface area contributed by atoms with Crippen molar-refractivity contribution in [1.29, 1.82) is 0 Å². The zero-order valence-electron chi connectivity index (χ0n) is 9.34. The molecule has 0 aromatic heterocycles. The molecule has 0 radical (unpaired) electrons. The Hall–Kier alpha value is -0.530. The largest absolute Gasteiger partial charge is 0.369 e. The molecule has 0 aromatic rings. The van der Waals surface area contributed by atoms with Crippen LogP contribution >= 0.6 is 0 Å². The van der Waals surface area contributed by atoms with E-state index in [0.29, 0.717) is 11.8 Å². The first-order chi connectivity index (χ1) is 5.99. The minimum atomic E-state index is -0.130. The highest BCUT2D eigenvalue weighted by molar-refractivity contribution is 5.76. The molecule has 2 unspecified atom stereocenters. The van der Waals surface area contributed by atoms with E-state index in [9.17, 15) is 4.79 Å². The number of rotatable bonds is 6. The van der Waals surface area contributed by atoms with Crippen LogP contribution < -0.4 is 5.73 Å². The zero-order valence-corrected chi connectivity index (χ0v) is 9.34. The molecule has 78 valence electrons. The quantitative estimate of drug-likeness (QED) is 0.679. The molecule has 0 heterocycles. The van der Waals surface area contributed by atoms with E-state index in [4.69, 9.17) is 5.73 Å². The second-order valence-corrected chi connectivity index (χ2v) is 4.37. The fourth-order valence-electron chi connectivity index (χ4n) is 1.50. The summed E-state index contributed by atoms with van der Waals surface area (Å²) in [5.41, 5.74) is 5.36. The van der Waals surface area contributed by atoms with Crippen molar-refractivity contribution in [3.8, 4) is 0 Å². The standard InChI is InChI=1S/C11H23NO/c1-5-9(4)10(11(12)13)7-6-8(2)3/h8-10H,5-7H2,1-4H3,(H2,12,13). The Morgan fingerprint density at radius 3 is 2.08 bits per heavy atom. The molecular weight excluding hydrogens is 162 g/mol. The van der Waals surface area contributed by atoms with Crippen molar-refractivity contribution in [3.05, 3.63) is 0 Å². The van der Waals surface area contributed by atoms with Gasteiger partial charge in [0.2, 0.25) is 5.91 Å². The van der Waals surface area contributed by atoms with Crippen molar-refractivity contribution < 1.29 is 4.79 Å². The van der Waals surface area contributed by atoms with Crippen LogP contribution in [-0.2, 0) is 4.79 Å². The maximum atomic E-state index is 11.1. The van der Waals surface area contributed by atoms with E-state index in [1.165, 1.54) is 0 Å². The smallest absolute Gasteiger partial charge is 0.220 e. The van der Waals surface area contributed by atoms with E-state index >= 15 is 0 Å². The first kappa shape index (κ1) is 12.5. The number of carbonyl (C=O) groups excluding carboxylic acids is 1. The normalized spacial score (nSPS) is 15.8. The van der Waals surface area contributed by atoms with Gasteiger partial charge in [-0.2, -0.15) is 0 Å². The number of hydrogen-bond donors (Lipinski definition) is 1. The lowest BCUT2D eigenvalue weighted by atomic mass is 9.85. The second-order valence-electron chi connectivity index (χ2n) is 4.37. The number of amides is 1. The molecule has 0 fully saturated rings. The van der Waals surface area contributed by atoms with Crippen LogP contribution in [0.15, 0.2) is 0 Å². The van der Waals surface area contributed by atoms with Crippen LogP contribution in [0.25, 0.3) is 0 Å². The molecule has 0 aliphatic carbocycles. The Morgan fingerprint density at radius 1 is 1.23 bits per heavy atom. The lowest BCUT2D eigenvalue weighted by molar-refractivity contribution is -0.123. The van der Waals surface area contributed by atoms with Gasteiger partial charge in [-0.05, 0) is 18.3 Å². The number of hydrogen-bond acceptors (Lipinski definition) is 1. The number of nitrogens with two attached hydrogens (primary N) is 1. The first-order valence-corrected chi connectivity index (χ1v) is 5.28. The molecule has 0 aliphatic rings. The van der Waals surface area contributed by atoms with Gasteiger partial charge in [-0.3, -0.25) is 4.79 Å². The van der Waals surface area contributed by atoms with Gasteiger partial charge in [0.25, 0.3) is 0 Å². The van der Waals surface area contributed by atoms with E-state index in [1.54, 1.807) is 0 Å². The van der Waals surface area contributed by atoms with Crippen LogP contribution in [0.2, 0.25) is 0 Å². The Bertz CT molecular complexity index is 154. The van der Waals surface area contributed by atoms with E-state index in [0.717, 1.165) is 19.3 Å². The minimum absolute atomic E-state index is 0.0763. The fraction of sp³-hybridized carbons (Fsp3) is 0.909. The molecule has 1 amide bonds. The lowest BCUT2D eigenvalue weighted by Crippen LogP contribution is -2.28. The van der Waals surface area contributed by atoms with Crippen molar-refractivity contribution in [1.82, 2.24) is 0 Å². The highest BCUT2D eigenvalue weighted by Crippen LogP contribution is 2.22. The second kappa shape index (κ2) is 6.01.